The molecule has 1 fully saturated rings. The molecular weight excluding hydrogens is 268 g/mol. The number of hydrogen-bond acceptors (Lipinski definition) is 4. The van der Waals surface area contributed by atoms with Gasteiger partial charge in [-0.15, -0.1) is 0 Å². The van der Waals surface area contributed by atoms with E-state index in [0.29, 0.717) is 6.61 Å². The first-order valence-corrected chi connectivity index (χ1v) is 8.06. The predicted molar refractivity (Wildman–Crippen MR) is 81.7 cm³/mol. The minimum atomic E-state index is -0.493. The van der Waals surface area contributed by atoms with Crippen LogP contribution in [0.1, 0.15) is 59.3 Å². The summed E-state index contributed by atoms with van der Waals surface area (Å²) in [5.74, 6) is 0.127. The molecule has 0 aromatic carbocycles. The van der Waals surface area contributed by atoms with Crippen LogP contribution in [0.25, 0.3) is 0 Å². The summed E-state index contributed by atoms with van der Waals surface area (Å²) < 4.78 is 10.3. The van der Waals surface area contributed by atoms with Gasteiger partial charge in [-0.2, -0.15) is 0 Å². The number of esters is 2. The molecule has 0 aromatic heterocycles. The fourth-order valence-corrected chi connectivity index (χ4v) is 2.58. The summed E-state index contributed by atoms with van der Waals surface area (Å²) in [5.41, 5.74) is 0. The normalized spacial score (nSPS) is 22.5. The van der Waals surface area contributed by atoms with Crippen LogP contribution in [0.2, 0.25) is 0 Å². The summed E-state index contributed by atoms with van der Waals surface area (Å²) in [4.78, 5) is 23.0. The third-order valence-electron chi connectivity index (χ3n) is 3.69. The van der Waals surface area contributed by atoms with Crippen LogP contribution in [0.4, 0.5) is 0 Å². The summed E-state index contributed by atoms with van der Waals surface area (Å²) in [7, 11) is 0. The monoisotopic (exact) mass is 296 g/mol. The van der Waals surface area contributed by atoms with Crippen molar-refractivity contribution >= 4 is 11.9 Å². The highest BCUT2D eigenvalue weighted by atomic mass is 16.5. The standard InChI is InChI=1S/C17H28O4/c1-4-5-14-6-8-15(9-7-14)21-17(19)11-10-16(18)20-12-13(2)3/h10-11,13-15H,4-9,12H2,1-3H3/b11-10+. The van der Waals surface area contributed by atoms with Gasteiger partial charge >= 0.3 is 11.9 Å². The Balaban J connectivity index is 2.23. The molecule has 0 saturated heterocycles. The summed E-state index contributed by atoms with van der Waals surface area (Å²) in [5, 5.41) is 0. The first kappa shape index (κ1) is 17.7. The second-order valence-corrected chi connectivity index (χ2v) is 6.23. The van der Waals surface area contributed by atoms with Crippen LogP contribution in [-0.2, 0) is 19.1 Å². The van der Waals surface area contributed by atoms with E-state index in [1.54, 1.807) is 0 Å². The van der Waals surface area contributed by atoms with Crippen molar-refractivity contribution in [3.63, 3.8) is 0 Å². The summed E-state index contributed by atoms with van der Waals surface area (Å²) >= 11 is 0. The van der Waals surface area contributed by atoms with Gasteiger partial charge in [0.1, 0.15) is 6.10 Å². The van der Waals surface area contributed by atoms with Crippen LogP contribution in [0, 0.1) is 11.8 Å². The highest BCUT2D eigenvalue weighted by Crippen LogP contribution is 2.29. The van der Waals surface area contributed by atoms with Crippen molar-refractivity contribution in [2.45, 2.75) is 65.4 Å². The van der Waals surface area contributed by atoms with Gasteiger partial charge in [-0.05, 0) is 37.5 Å². The lowest BCUT2D eigenvalue weighted by Crippen LogP contribution is -2.23. The van der Waals surface area contributed by atoms with Crippen molar-refractivity contribution in [2.75, 3.05) is 6.61 Å². The Morgan fingerprint density at radius 1 is 1.10 bits per heavy atom. The Morgan fingerprint density at radius 2 is 1.71 bits per heavy atom. The molecule has 4 nitrogen and oxygen atoms in total. The zero-order valence-electron chi connectivity index (χ0n) is 13.5. The fraction of sp³-hybridized carbons (Fsp3) is 0.765. The predicted octanol–water partition coefficient (Wildman–Crippen LogP) is 3.64. The van der Waals surface area contributed by atoms with Crippen LogP contribution < -0.4 is 0 Å². The molecule has 1 saturated carbocycles. The Bertz CT molecular complexity index is 352. The maximum atomic E-state index is 11.6. The molecule has 120 valence electrons. The van der Waals surface area contributed by atoms with Crippen LogP contribution in [0.3, 0.4) is 0 Å². The lowest BCUT2D eigenvalue weighted by atomic mass is 9.85. The van der Waals surface area contributed by atoms with E-state index in [9.17, 15) is 9.59 Å². The van der Waals surface area contributed by atoms with E-state index in [1.165, 1.54) is 18.9 Å². The number of ether oxygens (including phenoxy) is 2. The van der Waals surface area contributed by atoms with Crippen molar-refractivity contribution in [2.24, 2.45) is 11.8 Å². The lowest BCUT2D eigenvalue weighted by molar-refractivity contribution is -0.145. The molecule has 0 unspecified atom stereocenters. The Morgan fingerprint density at radius 3 is 2.29 bits per heavy atom. The highest BCUT2D eigenvalue weighted by Gasteiger charge is 2.22. The van der Waals surface area contributed by atoms with Gasteiger partial charge < -0.3 is 9.47 Å². The Labute approximate surface area is 127 Å². The van der Waals surface area contributed by atoms with E-state index in [4.69, 9.17) is 9.47 Å². The van der Waals surface area contributed by atoms with Gasteiger partial charge in [-0.3, -0.25) is 0 Å². The maximum Gasteiger partial charge on any atom is 0.331 e. The van der Waals surface area contributed by atoms with E-state index < -0.39 is 11.9 Å². The molecule has 1 aliphatic rings. The molecule has 4 heteroatoms. The average molecular weight is 296 g/mol. The third-order valence-corrected chi connectivity index (χ3v) is 3.69. The van der Waals surface area contributed by atoms with Crippen molar-refractivity contribution < 1.29 is 19.1 Å². The van der Waals surface area contributed by atoms with Gasteiger partial charge in [0.2, 0.25) is 0 Å². The number of carbonyl (C=O) groups is 2. The van der Waals surface area contributed by atoms with Crippen molar-refractivity contribution in [3.8, 4) is 0 Å². The van der Waals surface area contributed by atoms with Crippen molar-refractivity contribution in [3.05, 3.63) is 12.2 Å². The first-order valence-electron chi connectivity index (χ1n) is 8.06. The fourth-order valence-electron chi connectivity index (χ4n) is 2.58. The zero-order chi connectivity index (χ0) is 15.7. The average Bonchev–Trinajstić information content (AvgIpc) is 2.45. The van der Waals surface area contributed by atoms with E-state index >= 15 is 0 Å². The van der Waals surface area contributed by atoms with Gasteiger partial charge in [0.05, 0.1) is 6.61 Å². The van der Waals surface area contributed by atoms with Gasteiger partial charge in [-0.25, -0.2) is 9.59 Å². The summed E-state index contributed by atoms with van der Waals surface area (Å²) in [6.45, 7) is 6.48. The van der Waals surface area contributed by atoms with Gasteiger partial charge in [0.25, 0.3) is 0 Å². The van der Waals surface area contributed by atoms with Crippen molar-refractivity contribution in [1.29, 1.82) is 0 Å². The Hall–Kier alpha value is -1.32. The molecule has 0 spiro atoms. The van der Waals surface area contributed by atoms with Gasteiger partial charge in [0, 0.05) is 12.2 Å². The molecule has 21 heavy (non-hydrogen) atoms. The molecule has 0 atom stereocenters. The smallest absolute Gasteiger partial charge is 0.331 e. The van der Waals surface area contributed by atoms with E-state index in [1.807, 2.05) is 13.8 Å². The minimum absolute atomic E-state index is 0.00180. The van der Waals surface area contributed by atoms with Crippen LogP contribution in [0.15, 0.2) is 12.2 Å². The SMILES string of the molecule is CCCC1CCC(OC(=O)/C=C/C(=O)OCC(C)C)CC1. The van der Waals surface area contributed by atoms with Gasteiger partial charge in [0.15, 0.2) is 0 Å². The molecule has 1 aliphatic carbocycles. The largest absolute Gasteiger partial charge is 0.462 e. The number of hydrogen-bond donors (Lipinski definition) is 0. The molecule has 1 rings (SSSR count). The van der Waals surface area contributed by atoms with Crippen molar-refractivity contribution in [1.82, 2.24) is 0 Å². The van der Waals surface area contributed by atoms with E-state index in [2.05, 4.69) is 6.92 Å². The van der Waals surface area contributed by atoms with Gasteiger partial charge in [-0.1, -0.05) is 33.6 Å². The highest BCUT2D eigenvalue weighted by molar-refractivity contribution is 5.91. The molecule has 0 amide bonds. The Kier molecular flexibility index (Phi) is 8.09. The number of rotatable bonds is 7. The summed E-state index contributed by atoms with van der Waals surface area (Å²) in [6.07, 6.45) is 8.93. The maximum absolute atomic E-state index is 11.6. The molecule has 0 aromatic rings. The molecule has 0 bridgehead atoms. The van der Waals surface area contributed by atoms with Crippen LogP contribution in [0.5, 0.6) is 0 Å². The quantitative estimate of drug-likeness (QED) is 0.531. The van der Waals surface area contributed by atoms with E-state index in [-0.39, 0.29) is 12.0 Å². The second kappa shape index (κ2) is 9.59. The third kappa shape index (κ3) is 7.88. The van der Waals surface area contributed by atoms with E-state index in [0.717, 1.165) is 37.7 Å². The number of carbonyl (C=O) groups excluding carboxylic acids is 2. The topological polar surface area (TPSA) is 52.6 Å². The molecule has 0 N–H and O–H groups in total. The zero-order valence-corrected chi connectivity index (χ0v) is 13.5. The molecule has 0 aliphatic heterocycles. The second-order valence-electron chi connectivity index (χ2n) is 6.23. The van der Waals surface area contributed by atoms with Crippen LogP contribution in [-0.4, -0.2) is 24.6 Å². The molecule has 0 heterocycles. The summed E-state index contributed by atoms with van der Waals surface area (Å²) in [6, 6.07) is 0. The lowest BCUT2D eigenvalue weighted by Gasteiger charge is -2.27. The molecule has 0 radical (unpaired) electrons. The molecular formula is C17H28O4. The minimum Gasteiger partial charge on any atom is -0.462 e. The van der Waals surface area contributed by atoms with Crippen LogP contribution >= 0.6 is 0 Å². The first-order chi connectivity index (χ1) is 10.0.